The van der Waals surface area contributed by atoms with Crippen LogP contribution in [0.15, 0.2) is 24.3 Å². The summed E-state index contributed by atoms with van der Waals surface area (Å²) in [6.45, 7) is 3.20. The normalized spacial score (nSPS) is 23.7. The first-order valence-corrected chi connectivity index (χ1v) is 10.9. The number of nitrogens with one attached hydrogen (secondary N) is 1. The van der Waals surface area contributed by atoms with E-state index in [0.29, 0.717) is 25.3 Å². The van der Waals surface area contributed by atoms with Gasteiger partial charge >= 0.3 is 0 Å². The fraction of sp³-hybridized carbons (Fsp3) is 0.652. The molecule has 1 aromatic rings. The number of unbranched alkanes of at least 4 members (excludes halogenated alkanes) is 1. The zero-order valence-corrected chi connectivity index (χ0v) is 16.8. The fourth-order valence-electron chi connectivity index (χ4n) is 5.11. The quantitative estimate of drug-likeness (QED) is 0.579. The van der Waals surface area contributed by atoms with Gasteiger partial charge in [0.2, 0.25) is 11.8 Å². The number of para-hydroxylation sites is 1. The fourth-order valence-corrected chi connectivity index (χ4v) is 5.11. The van der Waals surface area contributed by atoms with Gasteiger partial charge in [0.25, 0.3) is 0 Å². The van der Waals surface area contributed by atoms with E-state index in [-0.39, 0.29) is 17.2 Å². The summed E-state index contributed by atoms with van der Waals surface area (Å²) < 4.78 is 5.84. The van der Waals surface area contributed by atoms with E-state index in [9.17, 15) is 9.59 Å². The maximum Gasteiger partial charge on any atom is 0.229 e. The van der Waals surface area contributed by atoms with Crippen molar-refractivity contribution >= 4 is 11.8 Å². The molecule has 2 heterocycles. The second kappa shape index (κ2) is 8.64. The van der Waals surface area contributed by atoms with Crippen molar-refractivity contribution in [2.24, 2.45) is 11.3 Å². The van der Waals surface area contributed by atoms with Crippen molar-refractivity contribution in [2.75, 3.05) is 26.2 Å². The van der Waals surface area contributed by atoms with Crippen LogP contribution in [0, 0.1) is 11.3 Å². The lowest BCUT2D eigenvalue weighted by Gasteiger charge is -2.37. The molecular weight excluding hydrogens is 352 g/mol. The van der Waals surface area contributed by atoms with E-state index in [4.69, 9.17) is 4.74 Å². The van der Waals surface area contributed by atoms with Crippen LogP contribution in [0.1, 0.15) is 56.9 Å². The average molecular weight is 385 g/mol. The summed E-state index contributed by atoms with van der Waals surface area (Å²) in [5.74, 6) is 1.64. The van der Waals surface area contributed by atoms with Crippen LogP contribution in [0.3, 0.4) is 0 Å². The molecule has 2 amide bonds. The average Bonchev–Trinajstić information content (AvgIpc) is 3.13. The number of imide groups is 1. The highest BCUT2D eigenvalue weighted by Gasteiger charge is 2.44. The summed E-state index contributed by atoms with van der Waals surface area (Å²) in [6, 6.07) is 8.26. The number of nitrogens with zero attached hydrogens (tertiary/aromatic N) is 1. The minimum Gasteiger partial charge on any atom is -0.493 e. The molecule has 28 heavy (non-hydrogen) atoms. The Kier molecular flexibility index (Phi) is 6.00. The molecule has 2 aliphatic heterocycles. The molecule has 1 atom stereocenters. The zero-order valence-electron chi connectivity index (χ0n) is 16.8. The molecule has 1 unspecified atom stereocenters. The summed E-state index contributed by atoms with van der Waals surface area (Å²) in [4.78, 5) is 26.5. The van der Waals surface area contributed by atoms with Gasteiger partial charge in [0, 0.05) is 31.8 Å². The standard InChI is InChI=1S/C23H32N2O3/c26-21-14-23(9-3-4-10-23)15-22(27)25(21)12-6-5-11-24-16-18-13-19-7-1-2-8-20(19)28-17-18/h1-2,7-8,18,24H,3-6,9-17H2. The van der Waals surface area contributed by atoms with E-state index in [1.165, 1.54) is 23.3 Å². The number of benzene rings is 1. The Hall–Kier alpha value is -1.88. The first-order valence-electron chi connectivity index (χ1n) is 10.9. The lowest BCUT2D eigenvalue weighted by molar-refractivity contribution is -0.153. The molecule has 4 rings (SSSR count). The number of amides is 2. The number of fused-ring (bicyclic) bond motifs is 1. The summed E-state index contributed by atoms with van der Waals surface area (Å²) in [5.41, 5.74) is 1.30. The Balaban J connectivity index is 1.12. The summed E-state index contributed by atoms with van der Waals surface area (Å²) in [7, 11) is 0. The molecule has 152 valence electrons. The third-order valence-electron chi connectivity index (χ3n) is 6.69. The minimum absolute atomic E-state index is 0.00685. The maximum absolute atomic E-state index is 12.5. The smallest absolute Gasteiger partial charge is 0.229 e. The van der Waals surface area contributed by atoms with Gasteiger partial charge in [0.15, 0.2) is 0 Å². The van der Waals surface area contributed by atoms with Gasteiger partial charge in [-0.1, -0.05) is 31.0 Å². The van der Waals surface area contributed by atoms with Crippen molar-refractivity contribution in [3.8, 4) is 5.75 Å². The topological polar surface area (TPSA) is 58.6 Å². The number of carbonyl (C=O) groups excluding carboxylic acids is 2. The van der Waals surface area contributed by atoms with Crippen LogP contribution in [-0.4, -0.2) is 43.0 Å². The van der Waals surface area contributed by atoms with Crippen molar-refractivity contribution in [2.45, 2.75) is 57.8 Å². The molecule has 1 spiro atoms. The van der Waals surface area contributed by atoms with Gasteiger partial charge in [0.1, 0.15) is 5.75 Å². The predicted octanol–water partition coefficient (Wildman–Crippen LogP) is 3.32. The van der Waals surface area contributed by atoms with Crippen LogP contribution in [0.25, 0.3) is 0 Å². The highest BCUT2D eigenvalue weighted by Crippen LogP contribution is 2.46. The molecule has 1 aromatic carbocycles. The van der Waals surface area contributed by atoms with Crippen LogP contribution in [0.4, 0.5) is 0 Å². The molecule has 0 aromatic heterocycles. The molecule has 1 saturated carbocycles. The number of carbonyl (C=O) groups is 2. The third-order valence-corrected chi connectivity index (χ3v) is 6.69. The van der Waals surface area contributed by atoms with Gasteiger partial charge in [0.05, 0.1) is 6.61 Å². The van der Waals surface area contributed by atoms with Gasteiger partial charge in [-0.2, -0.15) is 0 Å². The Bertz CT molecular complexity index is 692. The number of hydrogen-bond donors (Lipinski definition) is 1. The van der Waals surface area contributed by atoms with Gasteiger partial charge in [-0.25, -0.2) is 0 Å². The zero-order chi connectivity index (χ0) is 19.4. The lowest BCUT2D eigenvalue weighted by atomic mass is 9.76. The van der Waals surface area contributed by atoms with E-state index in [0.717, 1.165) is 57.6 Å². The van der Waals surface area contributed by atoms with Gasteiger partial charge in [-0.15, -0.1) is 0 Å². The van der Waals surface area contributed by atoms with Crippen LogP contribution >= 0.6 is 0 Å². The van der Waals surface area contributed by atoms with Crippen molar-refractivity contribution in [1.82, 2.24) is 10.2 Å². The van der Waals surface area contributed by atoms with Gasteiger partial charge in [-0.05, 0) is 55.7 Å². The Labute approximate surface area is 167 Å². The van der Waals surface area contributed by atoms with Crippen LogP contribution in [-0.2, 0) is 16.0 Å². The van der Waals surface area contributed by atoms with Crippen molar-refractivity contribution in [1.29, 1.82) is 0 Å². The second-order valence-electron chi connectivity index (χ2n) is 8.90. The van der Waals surface area contributed by atoms with Gasteiger partial charge in [-0.3, -0.25) is 14.5 Å². The summed E-state index contributed by atoms with van der Waals surface area (Å²) in [5, 5.41) is 3.52. The van der Waals surface area contributed by atoms with Crippen molar-refractivity contribution in [3.63, 3.8) is 0 Å². The van der Waals surface area contributed by atoms with E-state index in [1.54, 1.807) is 0 Å². The van der Waals surface area contributed by atoms with Crippen LogP contribution < -0.4 is 10.1 Å². The maximum atomic E-state index is 12.5. The van der Waals surface area contributed by atoms with Crippen molar-refractivity contribution < 1.29 is 14.3 Å². The molecule has 1 aliphatic carbocycles. The molecule has 5 heteroatoms. The first-order chi connectivity index (χ1) is 13.7. The molecule has 1 saturated heterocycles. The largest absolute Gasteiger partial charge is 0.493 e. The van der Waals surface area contributed by atoms with Gasteiger partial charge < -0.3 is 10.1 Å². The highest BCUT2D eigenvalue weighted by atomic mass is 16.5. The monoisotopic (exact) mass is 384 g/mol. The minimum atomic E-state index is 0.00685. The number of piperidine rings is 1. The molecule has 0 bridgehead atoms. The Morgan fingerprint density at radius 1 is 1.07 bits per heavy atom. The third kappa shape index (κ3) is 4.40. The number of likely N-dealkylation sites (tertiary alicyclic amines) is 1. The Morgan fingerprint density at radius 3 is 2.61 bits per heavy atom. The first kappa shape index (κ1) is 19.4. The molecular formula is C23H32N2O3. The van der Waals surface area contributed by atoms with E-state index < -0.39 is 0 Å². The number of hydrogen-bond acceptors (Lipinski definition) is 4. The van der Waals surface area contributed by atoms with Crippen LogP contribution in [0.5, 0.6) is 5.75 Å². The highest BCUT2D eigenvalue weighted by molar-refractivity contribution is 5.98. The summed E-state index contributed by atoms with van der Waals surface area (Å²) in [6.07, 6.45) is 8.53. The van der Waals surface area contributed by atoms with Crippen molar-refractivity contribution in [3.05, 3.63) is 29.8 Å². The molecule has 0 radical (unpaired) electrons. The van der Waals surface area contributed by atoms with E-state index in [2.05, 4.69) is 17.4 Å². The SMILES string of the molecule is O=C1CC2(CCCC2)CC(=O)N1CCCCNCC1COc2ccccc2C1. The van der Waals surface area contributed by atoms with E-state index >= 15 is 0 Å². The molecule has 1 N–H and O–H groups in total. The lowest BCUT2D eigenvalue weighted by Crippen LogP contribution is -2.47. The second-order valence-corrected chi connectivity index (χ2v) is 8.90. The Morgan fingerprint density at radius 2 is 1.82 bits per heavy atom. The molecule has 5 nitrogen and oxygen atoms in total. The summed E-state index contributed by atoms with van der Waals surface area (Å²) >= 11 is 0. The number of ether oxygens (including phenoxy) is 1. The molecule has 2 fully saturated rings. The molecule has 3 aliphatic rings. The van der Waals surface area contributed by atoms with Crippen LogP contribution in [0.2, 0.25) is 0 Å². The number of rotatable bonds is 7. The predicted molar refractivity (Wildman–Crippen MR) is 108 cm³/mol. The van der Waals surface area contributed by atoms with E-state index in [1.807, 2.05) is 12.1 Å².